The molecule has 0 aliphatic rings. The lowest BCUT2D eigenvalue weighted by Crippen LogP contribution is -1.81. The zero-order valence-corrected chi connectivity index (χ0v) is 9.63. The summed E-state index contributed by atoms with van der Waals surface area (Å²) in [5, 5.41) is 0. The van der Waals surface area contributed by atoms with Crippen LogP contribution < -0.4 is 0 Å². The molecule has 0 N–H and O–H groups in total. The van der Waals surface area contributed by atoms with E-state index < -0.39 is 0 Å². The minimum atomic E-state index is 1.09. The molecule has 76 valence electrons. The molecule has 2 aromatic carbocycles. The van der Waals surface area contributed by atoms with E-state index in [4.69, 9.17) is 0 Å². The van der Waals surface area contributed by atoms with Crippen LogP contribution in [-0.2, 0) is 5.75 Å². The van der Waals surface area contributed by atoms with Gasteiger partial charge in [0.2, 0.25) is 0 Å². The van der Waals surface area contributed by atoms with E-state index in [1.165, 1.54) is 16.7 Å². The Morgan fingerprint density at radius 1 is 0.800 bits per heavy atom. The molecule has 0 aliphatic heterocycles. The topological polar surface area (TPSA) is 0 Å². The SMILES string of the molecule is CSCc1ccc(-c2ccccc2)cc1. The summed E-state index contributed by atoms with van der Waals surface area (Å²) in [6.45, 7) is 0. The van der Waals surface area contributed by atoms with E-state index >= 15 is 0 Å². The van der Waals surface area contributed by atoms with Crippen molar-refractivity contribution in [2.24, 2.45) is 0 Å². The van der Waals surface area contributed by atoms with E-state index in [9.17, 15) is 0 Å². The van der Waals surface area contributed by atoms with Gasteiger partial charge in [-0.25, -0.2) is 0 Å². The Bertz CT molecular complexity index is 403. The number of hydrogen-bond donors (Lipinski definition) is 0. The molecule has 0 atom stereocenters. The summed E-state index contributed by atoms with van der Waals surface area (Å²) in [5.74, 6) is 1.09. The van der Waals surface area contributed by atoms with E-state index in [1.54, 1.807) is 0 Å². The zero-order valence-electron chi connectivity index (χ0n) is 8.81. The van der Waals surface area contributed by atoms with E-state index in [0.29, 0.717) is 0 Å². The Labute approximate surface area is 95.3 Å². The average Bonchev–Trinajstić information content (AvgIpc) is 2.32. The number of benzene rings is 2. The first-order valence-electron chi connectivity index (χ1n) is 5.03. The second-order valence-electron chi connectivity index (χ2n) is 3.50. The van der Waals surface area contributed by atoms with Crippen molar-refractivity contribution in [2.75, 3.05) is 6.26 Å². The third kappa shape index (κ3) is 2.63. The molecule has 0 unspecified atom stereocenters. The highest BCUT2D eigenvalue weighted by molar-refractivity contribution is 7.97. The van der Waals surface area contributed by atoms with Gasteiger partial charge < -0.3 is 0 Å². The average molecular weight is 214 g/mol. The van der Waals surface area contributed by atoms with E-state index in [2.05, 4.69) is 54.8 Å². The fraction of sp³-hybridized carbons (Fsp3) is 0.143. The maximum absolute atomic E-state index is 2.21. The van der Waals surface area contributed by atoms with Crippen LogP contribution in [0.3, 0.4) is 0 Å². The van der Waals surface area contributed by atoms with E-state index in [0.717, 1.165) is 5.75 Å². The maximum Gasteiger partial charge on any atom is 0.0181 e. The zero-order chi connectivity index (χ0) is 10.5. The fourth-order valence-electron chi connectivity index (χ4n) is 1.59. The molecule has 1 heteroatoms. The third-order valence-corrected chi connectivity index (χ3v) is 2.99. The van der Waals surface area contributed by atoms with Gasteiger partial charge in [0.15, 0.2) is 0 Å². The van der Waals surface area contributed by atoms with Gasteiger partial charge in [-0.15, -0.1) is 0 Å². The second kappa shape index (κ2) is 5.04. The van der Waals surface area contributed by atoms with Crippen molar-refractivity contribution in [2.45, 2.75) is 5.75 Å². The molecule has 0 nitrogen and oxygen atoms in total. The Hall–Kier alpha value is -1.21. The van der Waals surface area contributed by atoms with Gasteiger partial charge in [-0.3, -0.25) is 0 Å². The molecule has 2 aromatic rings. The molecular formula is C14H14S. The highest BCUT2D eigenvalue weighted by Gasteiger charge is 1.96. The molecule has 0 aromatic heterocycles. The molecular weight excluding hydrogens is 200 g/mol. The molecule has 0 fully saturated rings. The molecule has 0 heterocycles. The van der Waals surface area contributed by atoms with Crippen LogP contribution in [-0.4, -0.2) is 6.26 Å². The van der Waals surface area contributed by atoms with E-state index in [-0.39, 0.29) is 0 Å². The highest BCUT2D eigenvalue weighted by Crippen LogP contribution is 2.20. The van der Waals surface area contributed by atoms with Crippen molar-refractivity contribution < 1.29 is 0 Å². The van der Waals surface area contributed by atoms with Crippen LogP contribution in [0.5, 0.6) is 0 Å². The molecule has 0 saturated carbocycles. The van der Waals surface area contributed by atoms with Crippen LogP contribution in [0.25, 0.3) is 11.1 Å². The number of hydrogen-bond acceptors (Lipinski definition) is 1. The molecule has 0 radical (unpaired) electrons. The minimum Gasteiger partial charge on any atom is -0.161 e. The van der Waals surface area contributed by atoms with Gasteiger partial charge in [-0.1, -0.05) is 54.6 Å². The Balaban J connectivity index is 2.24. The maximum atomic E-state index is 2.21. The molecule has 0 bridgehead atoms. The van der Waals surface area contributed by atoms with Gasteiger partial charge in [-0.05, 0) is 22.9 Å². The fourth-order valence-corrected chi connectivity index (χ4v) is 2.12. The van der Waals surface area contributed by atoms with Crippen molar-refractivity contribution in [1.82, 2.24) is 0 Å². The first-order chi connectivity index (χ1) is 7.40. The van der Waals surface area contributed by atoms with Crippen LogP contribution in [0.15, 0.2) is 54.6 Å². The van der Waals surface area contributed by atoms with E-state index in [1.807, 2.05) is 17.8 Å². The third-order valence-electron chi connectivity index (χ3n) is 2.37. The van der Waals surface area contributed by atoms with Gasteiger partial charge in [0.1, 0.15) is 0 Å². The van der Waals surface area contributed by atoms with Gasteiger partial charge in [0.05, 0.1) is 0 Å². The normalized spacial score (nSPS) is 10.2. The number of rotatable bonds is 3. The lowest BCUT2D eigenvalue weighted by atomic mass is 10.0. The first-order valence-corrected chi connectivity index (χ1v) is 6.43. The summed E-state index contributed by atoms with van der Waals surface area (Å²) < 4.78 is 0. The first kappa shape index (κ1) is 10.3. The van der Waals surface area contributed by atoms with Crippen molar-refractivity contribution in [3.05, 3.63) is 60.2 Å². The number of thioether (sulfide) groups is 1. The predicted octanol–water partition coefficient (Wildman–Crippen LogP) is 4.22. The highest BCUT2D eigenvalue weighted by atomic mass is 32.2. The lowest BCUT2D eigenvalue weighted by Gasteiger charge is -2.03. The quantitative estimate of drug-likeness (QED) is 0.737. The Kier molecular flexibility index (Phi) is 3.46. The summed E-state index contributed by atoms with van der Waals surface area (Å²) in [7, 11) is 0. The monoisotopic (exact) mass is 214 g/mol. The van der Waals surface area contributed by atoms with Crippen molar-refractivity contribution >= 4 is 11.8 Å². The smallest absolute Gasteiger partial charge is 0.0181 e. The second-order valence-corrected chi connectivity index (χ2v) is 4.36. The standard InChI is InChI=1S/C14H14S/c1-15-11-12-7-9-14(10-8-12)13-5-3-2-4-6-13/h2-10H,11H2,1H3. The summed E-state index contributed by atoms with van der Waals surface area (Å²) >= 11 is 1.86. The van der Waals surface area contributed by atoms with Gasteiger partial charge in [0.25, 0.3) is 0 Å². The minimum absolute atomic E-state index is 1.09. The molecule has 15 heavy (non-hydrogen) atoms. The summed E-state index contributed by atoms with van der Waals surface area (Å²) in [6, 6.07) is 19.3. The van der Waals surface area contributed by atoms with Crippen molar-refractivity contribution in [3.8, 4) is 11.1 Å². The van der Waals surface area contributed by atoms with Crippen molar-refractivity contribution in [3.63, 3.8) is 0 Å². The Morgan fingerprint density at radius 3 is 2.00 bits per heavy atom. The Morgan fingerprint density at radius 2 is 1.40 bits per heavy atom. The largest absolute Gasteiger partial charge is 0.161 e. The molecule has 0 spiro atoms. The van der Waals surface area contributed by atoms with Gasteiger partial charge >= 0.3 is 0 Å². The molecule has 0 amide bonds. The van der Waals surface area contributed by atoms with Crippen molar-refractivity contribution in [1.29, 1.82) is 0 Å². The van der Waals surface area contributed by atoms with Crippen LogP contribution >= 0.6 is 11.8 Å². The van der Waals surface area contributed by atoms with Gasteiger partial charge in [0, 0.05) is 5.75 Å². The van der Waals surface area contributed by atoms with Crippen LogP contribution in [0, 0.1) is 0 Å². The molecule has 0 saturated heterocycles. The van der Waals surface area contributed by atoms with Gasteiger partial charge in [-0.2, -0.15) is 11.8 Å². The van der Waals surface area contributed by atoms with Crippen LogP contribution in [0.1, 0.15) is 5.56 Å². The van der Waals surface area contributed by atoms with Crippen LogP contribution in [0.4, 0.5) is 0 Å². The predicted molar refractivity (Wildman–Crippen MR) is 69.1 cm³/mol. The summed E-state index contributed by atoms with van der Waals surface area (Å²) in [4.78, 5) is 0. The lowest BCUT2D eigenvalue weighted by molar-refractivity contribution is 1.42. The van der Waals surface area contributed by atoms with Crippen LogP contribution in [0.2, 0.25) is 0 Å². The molecule has 0 aliphatic carbocycles. The summed E-state index contributed by atoms with van der Waals surface area (Å²) in [6.07, 6.45) is 2.13. The molecule has 2 rings (SSSR count). The summed E-state index contributed by atoms with van der Waals surface area (Å²) in [5.41, 5.74) is 3.97.